The van der Waals surface area contributed by atoms with Crippen molar-refractivity contribution >= 4 is 12.0 Å². The average Bonchev–Trinajstić information content (AvgIpc) is 2.23. The molecule has 0 saturated carbocycles. The highest BCUT2D eigenvalue weighted by Crippen LogP contribution is 2.20. The SMILES string of the molecule is CCC(C)(C)C(=O)OCCNC(=O)NC. The zero-order valence-corrected chi connectivity index (χ0v) is 9.85. The standard InChI is InChI=1S/C10H20N2O3/c1-5-10(2,3)8(13)15-7-6-12-9(14)11-4/h5-7H2,1-4H3,(H2,11,12,14). The minimum Gasteiger partial charge on any atom is -0.463 e. The molecule has 0 aromatic carbocycles. The van der Waals surface area contributed by atoms with Crippen molar-refractivity contribution in [1.29, 1.82) is 0 Å². The van der Waals surface area contributed by atoms with E-state index in [9.17, 15) is 9.59 Å². The van der Waals surface area contributed by atoms with Crippen molar-refractivity contribution in [2.45, 2.75) is 27.2 Å². The summed E-state index contributed by atoms with van der Waals surface area (Å²) in [5, 5.41) is 4.93. The number of nitrogens with one attached hydrogen (secondary N) is 2. The number of carbonyl (C=O) groups excluding carboxylic acids is 2. The monoisotopic (exact) mass is 216 g/mol. The van der Waals surface area contributed by atoms with Gasteiger partial charge < -0.3 is 15.4 Å². The minimum atomic E-state index is -0.451. The molecule has 0 spiro atoms. The summed E-state index contributed by atoms with van der Waals surface area (Å²) in [7, 11) is 1.53. The third kappa shape index (κ3) is 5.24. The van der Waals surface area contributed by atoms with Crippen LogP contribution < -0.4 is 10.6 Å². The van der Waals surface area contributed by atoms with E-state index in [0.717, 1.165) is 6.42 Å². The van der Waals surface area contributed by atoms with Crippen molar-refractivity contribution < 1.29 is 14.3 Å². The summed E-state index contributed by atoms with van der Waals surface area (Å²) in [6, 6.07) is -0.277. The molecule has 0 heterocycles. The first-order chi connectivity index (χ1) is 6.94. The molecule has 0 atom stereocenters. The molecular formula is C10H20N2O3. The highest BCUT2D eigenvalue weighted by molar-refractivity contribution is 5.76. The van der Waals surface area contributed by atoms with Crippen LogP contribution in [0.1, 0.15) is 27.2 Å². The maximum Gasteiger partial charge on any atom is 0.314 e. The van der Waals surface area contributed by atoms with Crippen LogP contribution in [0, 0.1) is 5.41 Å². The second kappa shape index (κ2) is 6.27. The van der Waals surface area contributed by atoms with Crippen molar-refractivity contribution in [3.8, 4) is 0 Å². The lowest BCUT2D eigenvalue weighted by molar-refractivity contribution is -0.153. The number of ether oxygens (including phenoxy) is 1. The summed E-state index contributed by atoms with van der Waals surface area (Å²) in [4.78, 5) is 22.2. The summed E-state index contributed by atoms with van der Waals surface area (Å²) >= 11 is 0. The van der Waals surface area contributed by atoms with Crippen molar-refractivity contribution in [1.82, 2.24) is 10.6 Å². The Morgan fingerprint density at radius 2 is 1.93 bits per heavy atom. The quantitative estimate of drug-likeness (QED) is 0.530. The Bertz CT molecular complexity index is 227. The van der Waals surface area contributed by atoms with E-state index in [-0.39, 0.29) is 18.6 Å². The number of hydrogen-bond donors (Lipinski definition) is 2. The Kier molecular flexibility index (Phi) is 5.74. The van der Waals surface area contributed by atoms with E-state index >= 15 is 0 Å². The van der Waals surface area contributed by atoms with Crippen LogP contribution in [0.2, 0.25) is 0 Å². The first-order valence-electron chi connectivity index (χ1n) is 5.07. The van der Waals surface area contributed by atoms with Crippen molar-refractivity contribution in [2.75, 3.05) is 20.2 Å². The number of carbonyl (C=O) groups is 2. The van der Waals surface area contributed by atoms with Gasteiger partial charge in [0.2, 0.25) is 0 Å². The fraction of sp³-hybridized carbons (Fsp3) is 0.800. The Hall–Kier alpha value is -1.26. The van der Waals surface area contributed by atoms with Gasteiger partial charge in [-0.2, -0.15) is 0 Å². The van der Waals surface area contributed by atoms with Crippen LogP contribution >= 0.6 is 0 Å². The van der Waals surface area contributed by atoms with Crippen LogP contribution in [0.25, 0.3) is 0 Å². The number of amides is 2. The van der Waals surface area contributed by atoms with Gasteiger partial charge in [0.15, 0.2) is 0 Å². The fourth-order valence-electron chi connectivity index (χ4n) is 0.736. The van der Waals surface area contributed by atoms with E-state index in [2.05, 4.69) is 10.6 Å². The Morgan fingerprint density at radius 1 is 1.33 bits per heavy atom. The Morgan fingerprint density at radius 3 is 2.40 bits per heavy atom. The molecule has 0 aliphatic carbocycles. The van der Waals surface area contributed by atoms with Gasteiger partial charge in [0, 0.05) is 7.05 Å². The molecule has 2 N–H and O–H groups in total. The molecule has 2 amide bonds. The lowest BCUT2D eigenvalue weighted by Gasteiger charge is -2.20. The molecule has 0 rings (SSSR count). The largest absolute Gasteiger partial charge is 0.463 e. The number of rotatable bonds is 5. The zero-order chi connectivity index (χ0) is 11.9. The van der Waals surface area contributed by atoms with E-state index in [0.29, 0.717) is 6.54 Å². The molecule has 0 bridgehead atoms. The topological polar surface area (TPSA) is 67.4 Å². The van der Waals surface area contributed by atoms with Gasteiger partial charge >= 0.3 is 12.0 Å². The molecule has 15 heavy (non-hydrogen) atoms. The molecule has 0 aromatic rings. The van der Waals surface area contributed by atoms with Crippen molar-refractivity contribution in [3.05, 3.63) is 0 Å². The second-order valence-electron chi connectivity index (χ2n) is 3.88. The predicted molar refractivity (Wildman–Crippen MR) is 57.5 cm³/mol. The fourth-order valence-corrected chi connectivity index (χ4v) is 0.736. The predicted octanol–water partition coefficient (Wildman–Crippen LogP) is 0.895. The molecule has 0 aliphatic heterocycles. The Labute approximate surface area is 90.6 Å². The molecule has 0 radical (unpaired) electrons. The lowest BCUT2D eigenvalue weighted by Crippen LogP contribution is -2.36. The van der Waals surface area contributed by atoms with E-state index in [1.54, 1.807) is 0 Å². The van der Waals surface area contributed by atoms with Gasteiger partial charge in [-0.25, -0.2) is 4.79 Å². The van der Waals surface area contributed by atoms with Crippen LogP contribution in [-0.4, -0.2) is 32.2 Å². The third-order valence-corrected chi connectivity index (χ3v) is 2.28. The van der Waals surface area contributed by atoms with Crippen LogP contribution in [0.5, 0.6) is 0 Å². The maximum absolute atomic E-state index is 11.5. The van der Waals surface area contributed by atoms with Gasteiger partial charge in [-0.05, 0) is 20.3 Å². The summed E-state index contributed by atoms with van der Waals surface area (Å²) in [5.41, 5.74) is -0.451. The molecular weight excluding hydrogens is 196 g/mol. The molecule has 0 aliphatic rings. The highest BCUT2D eigenvalue weighted by Gasteiger charge is 2.26. The molecule has 5 nitrogen and oxygen atoms in total. The van der Waals surface area contributed by atoms with E-state index in [1.807, 2.05) is 20.8 Å². The number of hydrogen-bond acceptors (Lipinski definition) is 3. The first kappa shape index (κ1) is 13.7. The van der Waals surface area contributed by atoms with Crippen molar-refractivity contribution in [3.63, 3.8) is 0 Å². The van der Waals surface area contributed by atoms with E-state index in [1.165, 1.54) is 7.05 Å². The van der Waals surface area contributed by atoms with E-state index < -0.39 is 5.41 Å². The summed E-state index contributed by atoms with van der Waals surface area (Å²) in [5.74, 6) is -0.233. The van der Waals surface area contributed by atoms with Crippen LogP contribution in [0.15, 0.2) is 0 Å². The van der Waals surface area contributed by atoms with Gasteiger partial charge in [-0.3, -0.25) is 4.79 Å². The van der Waals surface area contributed by atoms with Gasteiger partial charge in [-0.15, -0.1) is 0 Å². The van der Waals surface area contributed by atoms with Gasteiger partial charge in [0.1, 0.15) is 6.61 Å². The summed E-state index contributed by atoms with van der Waals surface area (Å²) in [6.45, 7) is 6.13. The van der Waals surface area contributed by atoms with Crippen molar-refractivity contribution in [2.24, 2.45) is 5.41 Å². The summed E-state index contributed by atoms with van der Waals surface area (Å²) < 4.78 is 5.01. The molecule has 0 fully saturated rings. The Balaban J connectivity index is 3.69. The normalized spacial score (nSPS) is 10.7. The number of esters is 1. The van der Waals surface area contributed by atoms with Gasteiger partial charge in [-0.1, -0.05) is 6.92 Å². The third-order valence-electron chi connectivity index (χ3n) is 2.28. The maximum atomic E-state index is 11.5. The highest BCUT2D eigenvalue weighted by atomic mass is 16.5. The average molecular weight is 216 g/mol. The van der Waals surface area contributed by atoms with E-state index in [4.69, 9.17) is 4.74 Å². The lowest BCUT2D eigenvalue weighted by atomic mass is 9.91. The smallest absolute Gasteiger partial charge is 0.314 e. The molecule has 5 heteroatoms. The molecule has 0 aromatic heterocycles. The molecule has 0 unspecified atom stereocenters. The zero-order valence-electron chi connectivity index (χ0n) is 9.85. The van der Waals surface area contributed by atoms with Crippen LogP contribution in [-0.2, 0) is 9.53 Å². The van der Waals surface area contributed by atoms with Crippen LogP contribution in [0.4, 0.5) is 4.79 Å². The van der Waals surface area contributed by atoms with Crippen LogP contribution in [0.3, 0.4) is 0 Å². The second-order valence-corrected chi connectivity index (χ2v) is 3.88. The molecule has 0 saturated heterocycles. The first-order valence-corrected chi connectivity index (χ1v) is 5.07. The summed E-state index contributed by atoms with van der Waals surface area (Å²) in [6.07, 6.45) is 0.731. The minimum absolute atomic E-state index is 0.204. The molecule has 88 valence electrons. The number of urea groups is 1. The van der Waals surface area contributed by atoms with Gasteiger partial charge in [0.25, 0.3) is 0 Å². The van der Waals surface area contributed by atoms with Gasteiger partial charge in [0.05, 0.1) is 12.0 Å².